The van der Waals surface area contributed by atoms with Gasteiger partial charge in [-0.2, -0.15) is 0 Å². The van der Waals surface area contributed by atoms with Gasteiger partial charge in [0, 0.05) is 6.20 Å². The van der Waals surface area contributed by atoms with Crippen LogP contribution in [0.3, 0.4) is 0 Å². The highest BCUT2D eigenvalue weighted by Gasteiger charge is 2.07. The first kappa shape index (κ1) is 8.91. The lowest BCUT2D eigenvalue weighted by Gasteiger charge is -1.90. The van der Waals surface area contributed by atoms with Crippen LogP contribution in [0.15, 0.2) is 20.9 Å². The van der Waals surface area contributed by atoms with Crippen molar-refractivity contribution in [3.63, 3.8) is 0 Å². The Kier molecular flexibility index (Phi) is 2.38. The number of hydrogen-bond acceptors (Lipinski definition) is 5. The Morgan fingerprint density at radius 2 is 2.23 bits per heavy atom. The maximum Gasteiger partial charge on any atom is 0.325 e. The fourth-order valence-corrected chi connectivity index (χ4v) is 0.715. The normalized spacial score (nSPS) is 10.5. The number of nitrogens with zero attached hydrogens (tertiary/aromatic N) is 1. The molecule has 0 aromatic carbocycles. The standard InChI is InChI=1S/C6H5N3O4/c10-4(2-8-13)3-1-7-6(12)9-5(3)11/h1-2,13H,(H2,7,9,11,12). The molecule has 0 aliphatic rings. The van der Waals surface area contributed by atoms with E-state index in [0.29, 0.717) is 6.21 Å². The molecule has 0 atom stereocenters. The first-order chi connectivity index (χ1) is 6.15. The van der Waals surface area contributed by atoms with Crippen LogP contribution in [0.1, 0.15) is 10.4 Å². The average Bonchev–Trinajstić information content (AvgIpc) is 2.04. The summed E-state index contributed by atoms with van der Waals surface area (Å²) in [5.74, 6) is -0.792. The first-order valence-corrected chi connectivity index (χ1v) is 3.19. The van der Waals surface area contributed by atoms with Crippen LogP contribution in [0.25, 0.3) is 0 Å². The summed E-state index contributed by atoms with van der Waals surface area (Å²) in [6.07, 6.45) is 1.51. The smallest absolute Gasteiger partial charge is 0.325 e. The molecular weight excluding hydrogens is 178 g/mol. The second-order valence-corrected chi connectivity index (χ2v) is 2.09. The third kappa shape index (κ3) is 1.89. The van der Waals surface area contributed by atoms with E-state index in [-0.39, 0.29) is 5.56 Å². The second-order valence-electron chi connectivity index (χ2n) is 2.09. The minimum Gasteiger partial charge on any atom is -0.411 e. The zero-order valence-electron chi connectivity index (χ0n) is 6.27. The number of Topliss-reactive ketones (excluding diaryl/α,β-unsaturated/α-hetero) is 1. The molecule has 68 valence electrons. The summed E-state index contributed by atoms with van der Waals surface area (Å²) in [5.41, 5.74) is -1.83. The highest BCUT2D eigenvalue weighted by molar-refractivity contribution is 6.34. The summed E-state index contributed by atoms with van der Waals surface area (Å²) in [6.45, 7) is 0. The number of H-pyrrole nitrogens is 2. The summed E-state index contributed by atoms with van der Waals surface area (Å²) < 4.78 is 0. The van der Waals surface area contributed by atoms with Crippen molar-refractivity contribution in [2.45, 2.75) is 0 Å². The van der Waals surface area contributed by atoms with Crippen molar-refractivity contribution in [2.24, 2.45) is 5.16 Å². The predicted molar refractivity (Wildman–Crippen MR) is 42.3 cm³/mol. The molecule has 1 rings (SSSR count). The van der Waals surface area contributed by atoms with Gasteiger partial charge in [-0.3, -0.25) is 14.6 Å². The zero-order chi connectivity index (χ0) is 9.84. The van der Waals surface area contributed by atoms with Gasteiger partial charge < -0.3 is 10.2 Å². The lowest BCUT2D eigenvalue weighted by Crippen LogP contribution is -2.27. The molecule has 0 bridgehead atoms. The third-order valence-electron chi connectivity index (χ3n) is 1.26. The number of carbonyl (C=O) groups excluding carboxylic acids is 1. The van der Waals surface area contributed by atoms with Gasteiger partial charge >= 0.3 is 5.69 Å². The van der Waals surface area contributed by atoms with Gasteiger partial charge in [-0.1, -0.05) is 5.16 Å². The van der Waals surface area contributed by atoms with E-state index in [9.17, 15) is 14.4 Å². The number of carbonyl (C=O) groups is 1. The molecule has 13 heavy (non-hydrogen) atoms. The lowest BCUT2D eigenvalue weighted by molar-refractivity contribution is 0.106. The maximum absolute atomic E-state index is 10.9. The molecule has 7 nitrogen and oxygen atoms in total. The van der Waals surface area contributed by atoms with E-state index in [1.165, 1.54) is 0 Å². The van der Waals surface area contributed by atoms with E-state index in [1.807, 2.05) is 4.98 Å². The second kappa shape index (κ2) is 3.48. The van der Waals surface area contributed by atoms with Crippen LogP contribution in [0.2, 0.25) is 0 Å². The van der Waals surface area contributed by atoms with Gasteiger partial charge in [0.2, 0.25) is 5.78 Å². The molecule has 0 saturated carbocycles. The summed E-state index contributed by atoms with van der Waals surface area (Å²) in [4.78, 5) is 36.3. The zero-order valence-corrected chi connectivity index (χ0v) is 6.27. The van der Waals surface area contributed by atoms with Gasteiger partial charge in [0.05, 0.1) is 0 Å². The Bertz CT molecular complexity index is 455. The number of aromatic nitrogens is 2. The topological polar surface area (TPSA) is 115 Å². The summed E-state index contributed by atoms with van der Waals surface area (Å²) in [6, 6.07) is 0. The first-order valence-electron chi connectivity index (χ1n) is 3.19. The van der Waals surface area contributed by atoms with Crippen molar-refractivity contribution >= 4 is 12.0 Å². The molecule has 1 aromatic heterocycles. The van der Waals surface area contributed by atoms with E-state index in [1.54, 1.807) is 0 Å². The van der Waals surface area contributed by atoms with Gasteiger partial charge in [-0.05, 0) is 0 Å². The fourth-order valence-electron chi connectivity index (χ4n) is 0.715. The number of ketones is 1. The molecule has 0 aliphatic heterocycles. The van der Waals surface area contributed by atoms with Crippen LogP contribution >= 0.6 is 0 Å². The van der Waals surface area contributed by atoms with Gasteiger partial charge in [0.1, 0.15) is 11.8 Å². The molecule has 7 heteroatoms. The maximum atomic E-state index is 10.9. The van der Waals surface area contributed by atoms with Crippen molar-refractivity contribution in [1.82, 2.24) is 9.97 Å². The fraction of sp³-hybridized carbons (Fsp3) is 0. The number of nitrogens with one attached hydrogen (secondary N) is 2. The van der Waals surface area contributed by atoms with E-state index in [2.05, 4.69) is 10.1 Å². The monoisotopic (exact) mass is 183 g/mol. The Labute approximate surface area is 70.7 Å². The minimum atomic E-state index is -0.825. The van der Waals surface area contributed by atoms with Gasteiger partial charge in [-0.15, -0.1) is 0 Å². The van der Waals surface area contributed by atoms with E-state index < -0.39 is 17.0 Å². The summed E-state index contributed by atoms with van der Waals surface area (Å²) >= 11 is 0. The summed E-state index contributed by atoms with van der Waals surface area (Å²) in [5, 5.41) is 10.5. The van der Waals surface area contributed by atoms with Crippen molar-refractivity contribution in [1.29, 1.82) is 0 Å². The molecule has 1 aromatic rings. The van der Waals surface area contributed by atoms with Gasteiger partial charge in [0.25, 0.3) is 5.56 Å². The SMILES string of the molecule is O=C(C=NO)c1c[nH]c(=O)[nH]c1=O. The van der Waals surface area contributed by atoms with Crippen molar-refractivity contribution in [2.75, 3.05) is 0 Å². The Hall–Kier alpha value is -2.18. The number of rotatable bonds is 2. The molecule has 3 N–H and O–H groups in total. The molecule has 0 saturated heterocycles. The highest BCUT2D eigenvalue weighted by Crippen LogP contribution is 1.84. The van der Waals surface area contributed by atoms with Crippen LogP contribution < -0.4 is 11.2 Å². The predicted octanol–water partition coefficient (Wildman–Crippen LogP) is -1.29. The van der Waals surface area contributed by atoms with Gasteiger partial charge in [-0.25, -0.2) is 4.79 Å². The lowest BCUT2D eigenvalue weighted by atomic mass is 10.2. The summed E-state index contributed by atoms with van der Waals surface area (Å²) in [7, 11) is 0. The Morgan fingerprint density at radius 1 is 1.54 bits per heavy atom. The van der Waals surface area contributed by atoms with E-state index in [4.69, 9.17) is 5.21 Å². The molecule has 0 amide bonds. The largest absolute Gasteiger partial charge is 0.411 e. The third-order valence-corrected chi connectivity index (χ3v) is 1.26. The minimum absolute atomic E-state index is 0.294. The Morgan fingerprint density at radius 3 is 2.77 bits per heavy atom. The molecule has 0 fully saturated rings. The quantitative estimate of drug-likeness (QED) is 0.229. The van der Waals surface area contributed by atoms with Crippen LogP contribution in [-0.4, -0.2) is 27.2 Å². The van der Waals surface area contributed by atoms with Crippen LogP contribution in [-0.2, 0) is 0 Å². The average molecular weight is 183 g/mol. The van der Waals surface area contributed by atoms with Crippen LogP contribution in [0.4, 0.5) is 0 Å². The molecular formula is C6H5N3O4. The van der Waals surface area contributed by atoms with Crippen molar-refractivity contribution in [3.8, 4) is 0 Å². The number of hydrogen-bond donors (Lipinski definition) is 3. The van der Waals surface area contributed by atoms with Crippen molar-refractivity contribution in [3.05, 3.63) is 32.6 Å². The molecule has 0 spiro atoms. The van der Waals surface area contributed by atoms with E-state index in [0.717, 1.165) is 6.20 Å². The number of aromatic amines is 2. The molecule has 1 heterocycles. The molecule has 0 unspecified atom stereocenters. The van der Waals surface area contributed by atoms with Crippen molar-refractivity contribution < 1.29 is 10.0 Å². The van der Waals surface area contributed by atoms with Gasteiger partial charge in [0.15, 0.2) is 0 Å². The molecule has 0 radical (unpaired) electrons. The number of oxime groups is 1. The van der Waals surface area contributed by atoms with E-state index >= 15 is 0 Å². The molecule has 0 aliphatic carbocycles. The Balaban J connectivity index is 3.24. The highest BCUT2D eigenvalue weighted by atomic mass is 16.4. The van der Waals surface area contributed by atoms with Crippen LogP contribution in [0, 0.1) is 0 Å². The van der Waals surface area contributed by atoms with Crippen LogP contribution in [0.5, 0.6) is 0 Å².